The number of carbonyl (C=O) groups is 2. The minimum absolute atomic E-state index is 0.0146. The molecular weight excluding hydrogens is 378 g/mol. The molecule has 0 radical (unpaired) electrons. The summed E-state index contributed by atoms with van der Waals surface area (Å²) >= 11 is 1.58. The lowest BCUT2D eigenvalue weighted by molar-refractivity contribution is -0.144. The van der Waals surface area contributed by atoms with E-state index in [9.17, 15) is 9.59 Å². The molecule has 0 spiro atoms. The van der Waals surface area contributed by atoms with Crippen molar-refractivity contribution >= 4 is 29.5 Å². The van der Waals surface area contributed by atoms with E-state index < -0.39 is 17.5 Å². The number of carbonyl (C=O) groups excluding carboxylic acids is 2. The number of esters is 1. The third-order valence-corrected chi connectivity index (χ3v) is 4.29. The van der Waals surface area contributed by atoms with Gasteiger partial charge < -0.3 is 14.2 Å². The topological polar surface area (TPSA) is 73.9 Å². The van der Waals surface area contributed by atoms with Gasteiger partial charge in [0.1, 0.15) is 13.2 Å². The molecule has 1 N–H and O–H groups in total. The van der Waals surface area contributed by atoms with Crippen molar-refractivity contribution in [3.05, 3.63) is 48.6 Å². The van der Waals surface area contributed by atoms with E-state index in [-0.39, 0.29) is 19.8 Å². The first-order chi connectivity index (χ1) is 13.1. The molecule has 28 heavy (non-hydrogen) atoms. The molecule has 0 fully saturated rings. The van der Waals surface area contributed by atoms with E-state index in [0.717, 1.165) is 10.5 Å². The van der Waals surface area contributed by atoms with Crippen molar-refractivity contribution in [1.29, 1.82) is 0 Å². The van der Waals surface area contributed by atoms with Crippen LogP contribution >= 0.6 is 11.8 Å². The predicted molar refractivity (Wildman–Crippen MR) is 113 cm³/mol. The maximum atomic E-state index is 12.2. The Morgan fingerprint density at radius 3 is 2.43 bits per heavy atom. The molecule has 0 saturated heterocycles. The van der Waals surface area contributed by atoms with E-state index >= 15 is 0 Å². The zero-order valence-corrected chi connectivity index (χ0v) is 17.8. The van der Waals surface area contributed by atoms with Gasteiger partial charge in [-0.3, -0.25) is 5.32 Å². The van der Waals surface area contributed by atoms with Gasteiger partial charge in [0.05, 0.1) is 18.6 Å². The van der Waals surface area contributed by atoms with Crippen molar-refractivity contribution in [2.24, 2.45) is 5.41 Å². The predicted octanol–water partition coefficient (Wildman–Crippen LogP) is 4.68. The standard InChI is InChI=1S/C21H29NO5S/c1-15(2)11-25-12-21(5,13-26-19(23)16(3)4)14-27-20(24)22-17-8-7-9-18(10-17)28-6/h7-10H,1,3,11-14H2,2,4-6H3,(H,22,24). The molecule has 0 aliphatic heterocycles. The van der Waals surface area contributed by atoms with Crippen LogP contribution in [0, 0.1) is 5.41 Å². The lowest BCUT2D eigenvalue weighted by atomic mass is 9.94. The summed E-state index contributed by atoms with van der Waals surface area (Å²) in [7, 11) is 0. The number of anilines is 1. The number of hydrogen-bond acceptors (Lipinski definition) is 6. The second-order valence-electron chi connectivity index (χ2n) is 7.05. The van der Waals surface area contributed by atoms with Gasteiger partial charge >= 0.3 is 12.1 Å². The smallest absolute Gasteiger partial charge is 0.411 e. The molecule has 0 saturated carbocycles. The van der Waals surface area contributed by atoms with E-state index in [1.165, 1.54) is 0 Å². The van der Waals surface area contributed by atoms with Crippen molar-refractivity contribution in [2.45, 2.75) is 25.7 Å². The molecular formula is C21H29NO5S. The summed E-state index contributed by atoms with van der Waals surface area (Å²) in [5, 5.41) is 2.70. The summed E-state index contributed by atoms with van der Waals surface area (Å²) in [4.78, 5) is 24.9. The van der Waals surface area contributed by atoms with Gasteiger partial charge in [-0.2, -0.15) is 0 Å². The molecule has 0 aliphatic carbocycles. The first kappa shape index (κ1) is 23.8. The molecule has 1 atom stereocenters. The normalized spacial score (nSPS) is 12.6. The van der Waals surface area contributed by atoms with Crippen molar-refractivity contribution in [2.75, 3.05) is 38.0 Å². The fourth-order valence-corrected chi connectivity index (χ4v) is 2.51. The Bertz CT molecular complexity index is 719. The summed E-state index contributed by atoms with van der Waals surface area (Å²) in [6, 6.07) is 7.45. The van der Waals surface area contributed by atoms with Gasteiger partial charge in [-0.25, -0.2) is 9.59 Å². The molecule has 6 nitrogen and oxygen atoms in total. The lowest BCUT2D eigenvalue weighted by Gasteiger charge is -2.28. The highest BCUT2D eigenvalue weighted by Crippen LogP contribution is 2.21. The number of nitrogens with one attached hydrogen (secondary N) is 1. The fraction of sp³-hybridized carbons (Fsp3) is 0.429. The Kier molecular flexibility index (Phi) is 9.82. The highest BCUT2D eigenvalue weighted by molar-refractivity contribution is 7.98. The molecule has 0 heterocycles. The first-order valence-corrected chi connectivity index (χ1v) is 10.0. The van der Waals surface area contributed by atoms with Crippen LogP contribution in [0.4, 0.5) is 10.5 Å². The minimum Gasteiger partial charge on any atom is -0.462 e. The van der Waals surface area contributed by atoms with Gasteiger partial charge in [0.15, 0.2) is 0 Å². The number of hydrogen-bond donors (Lipinski definition) is 1. The molecule has 1 aromatic carbocycles. The summed E-state index contributed by atoms with van der Waals surface area (Å²) in [6.45, 7) is 13.2. The van der Waals surface area contributed by atoms with E-state index in [2.05, 4.69) is 18.5 Å². The average Bonchev–Trinajstić information content (AvgIpc) is 2.64. The van der Waals surface area contributed by atoms with E-state index in [4.69, 9.17) is 14.2 Å². The van der Waals surface area contributed by atoms with Crippen molar-refractivity contribution < 1.29 is 23.8 Å². The SMILES string of the molecule is C=C(C)COCC(C)(COC(=O)Nc1cccc(SC)c1)COC(=O)C(=C)C. The average molecular weight is 408 g/mol. The zero-order chi connectivity index (χ0) is 21.2. The summed E-state index contributed by atoms with van der Waals surface area (Å²) in [6.07, 6.45) is 1.37. The largest absolute Gasteiger partial charge is 0.462 e. The van der Waals surface area contributed by atoms with Crippen LogP contribution in [0.25, 0.3) is 0 Å². The molecule has 0 aromatic heterocycles. The maximum absolute atomic E-state index is 12.2. The molecule has 0 bridgehead atoms. The van der Waals surface area contributed by atoms with Gasteiger partial charge in [-0.15, -0.1) is 11.8 Å². The van der Waals surface area contributed by atoms with Gasteiger partial charge in [-0.05, 0) is 38.3 Å². The van der Waals surface area contributed by atoms with Crippen LogP contribution in [0.15, 0.2) is 53.5 Å². The Labute approximate surface area is 171 Å². The Morgan fingerprint density at radius 1 is 1.14 bits per heavy atom. The third kappa shape index (κ3) is 9.10. The number of thioether (sulfide) groups is 1. The van der Waals surface area contributed by atoms with E-state index in [1.54, 1.807) is 24.8 Å². The monoisotopic (exact) mass is 407 g/mol. The van der Waals surface area contributed by atoms with Crippen LogP contribution in [-0.2, 0) is 19.0 Å². The van der Waals surface area contributed by atoms with E-state index in [1.807, 2.05) is 38.3 Å². The molecule has 0 aliphatic rings. The zero-order valence-electron chi connectivity index (χ0n) is 17.0. The highest BCUT2D eigenvalue weighted by atomic mass is 32.2. The second kappa shape index (κ2) is 11.6. The van der Waals surface area contributed by atoms with Gasteiger partial charge in [0.2, 0.25) is 0 Å². The van der Waals surface area contributed by atoms with Crippen LogP contribution in [0.1, 0.15) is 20.8 Å². The van der Waals surface area contributed by atoms with Gasteiger partial charge in [-0.1, -0.05) is 31.7 Å². The number of benzene rings is 1. The third-order valence-electron chi connectivity index (χ3n) is 3.57. The molecule has 1 unspecified atom stereocenters. The molecule has 1 aromatic rings. The van der Waals surface area contributed by atoms with Crippen molar-refractivity contribution in [1.82, 2.24) is 0 Å². The fourth-order valence-electron chi connectivity index (χ4n) is 2.05. The van der Waals surface area contributed by atoms with Crippen LogP contribution in [0.5, 0.6) is 0 Å². The van der Waals surface area contributed by atoms with Crippen LogP contribution in [0.3, 0.4) is 0 Å². The van der Waals surface area contributed by atoms with Crippen LogP contribution in [0.2, 0.25) is 0 Å². The summed E-state index contributed by atoms with van der Waals surface area (Å²) in [5.74, 6) is -0.496. The van der Waals surface area contributed by atoms with Gasteiger partial charge in [0.25, 0.3) is 0 Å². The first-order valence-electron chi connectivity index (χ1n) is 8.78. The molecule has 154 valence electrons. The van der Waals surface area contributed by atoms with E-state index in [0.29, 0.717) is 17.9 Å². The summed E-state index contributed by atoms with van der Waals surface area (Å²) in [5.41, 5.74) is 1.11. The maximum Gasteiger partial charge on any atom is 0.411 e. The Hall–Kier alpha value is -2.25. The Balaban J connectivity index is 2.66. The molecule has 1 rings (SSSR count). The summed E-state index contributed by atoms with van der Waals surface area (Å²) < 4.78 is 16.2. The molecule has 7 heteroatoms. The number of rotatable bonds is 11. The quantitative estimate of drug-likeness (QED) is 0.249. The highest BCUT2D eigenvalue weighted by Gasteiger charge is 2.29. The Morgan fingerprint density at radius 2 is 1.82 bits per heavy atom. The number of amides is 1. The van der Waals surface area contributed by atoms with Crippen molar-refractivity contribution in [3.63, 3.8) is 0 Å². The second-order valence-corrected chi connectivity index (χ2v) is 7.93. The van der Waals surface area contributed by atoms with Crippen molar-refractivity contribution in [3.8, 4) is 0 Å². The lowest BCUT2D eigenvalue weighted by Crippen LogP contribution is -2.37. The van der Waals surface area contributed by atoms with Gasteiger partial charge in [0, 0.05) is 16.2 Å². The molecule has 1 amide bonds. The van der Waals surface area contributed by atoms with Crippen LogP contribution in [-0.4, -0.2) is 44.7 Å². The van der Waals surface area contributed by atoms with Crippen LogP contribution < -0.4 is 5.32 Å². The number of ether oxygens (including phenoxy) is 3. The minimum atomic E-state index is -0.709.